The molecule has 0 bridgehead atoms. The van der Waals surface area contributed by atoms with Crippen LogP contribution in [-0.4, -0.2) is 17.1 Å². The highest BCUT2D eigenvalue weighted by Crippen LogP contribution is 2.28. The zero-order chi connectivity index (χ0) is 13.7. The number of aromatic nitrogens is 2. The largest absolute Gasteiger partial charge is 0.479 e. The van der Waals surface area contributed by atoms with Gasteiger partial charge in [-0.05, 0) is 18.1 Å². The van der Waals surface area contributed by atoms with Gasteiger partial charge in [0.15, 0.2) is 5.82 Å². The van der Waals surface area contributed by atoms with E-state index in [9.17, 15) is 0 Å². The van der Waals surface area contributed by atoms with E-state index in [4.69, 9.17) is 10.5 Å². The van der Waals surface area contributed by atoms with Gasteiger partial charge in [0.25, 0.3) is 0 Å². The van der Waals surface area contributed by atoms with Crippen LogP contribution < -0.4 is 15.8 Å². The van der Waals surface area contributed by atoms with Crippen LogP contribution in [0.5, 0.6) is 5.88 Å². The third-order valence-corrected chi connectivity index (χ3v) is 2.83. The molecule has 3 N–H and O–H groups in total. The summed E-state index contributed by atoms with van der Waals surface area (Å²) in [5, 5.41) is 3.24. The number of rotatable bonds is 5. The van der Waals surface area contributed by atoms with Crippen LogP contribution >= 0.6 is 0 Å². The van der Waals surface area contributed by atoms with E-state index in [1.165, 1.54) is 19.0 Å². The lowest BCUT2D eigenvalue weighted by atomic mass is 10.1. The molecule has 0 spiro atoms. The predicted octanol–water partition coefficient (Wildman–Crippen LogP) is 2.76. The molecule has 0 unspecified atom stereocenters. The third kappa shape index (κ3) is 2.93. The molecule has 2 rings (SSSR count). The number of para-hydroxylation sites is 1. The summed E-state index contributed by atoms with van der Waals surface area (Å²) >= 11 is 0. The maximum Gasteiger partial charge on any atom is 0.242 e. The highest BCUT2D eigenvalue weighted by Gasteiger charge is 2.09. The molecule has 0 fully saturated rings. The summed E-state index contributed by atoms with van der Waals surface area (Å²) in [6, 6.07) is 8.12. The number of nitrogens with zero attached hydrogens (tertiary/aromatic N) is 2. The summed E-state index contributed by atoms with van der Waals surface area (Å²) in [7, 11) is 1.54. The second-order valence-corrected chi connectivity index (χ2v) is 4.18. The quantitative estimate of drug-likeness (QED) is 0.862. The normalized spacial score (nSPS) is 10.2. The van der Waals surface area contributed by atoms with Crippen molar-refractivity contribution < 1.29 is 4.74 Å². The molecule has 19 heavy (non-hydrogen) atoms. The molecule has 1 aromatic heterocycles. The molecule has 0 aliphatic rings. The van der Waals surface area contributed by atoms with Crippen molar-refractivity contribution in [3.05, 3.63) is 36.2 Å². The highest BCUT2D eigenvalue weighted by atomic mass is 16.5. The van der Waals surface area contributed by atoms with Crippen LogP contribution in [-0.2, 0) is 6.42 Å². The molecule has 5 nitrogen and oxygen atoms in total. The maximum absolute atomic E-state index is 5.95. The number of nitrogens with one attached hydrogen (secondary N) is 1. The average Bonchev–Trinajstić information content (AvgIpc) is 2.43. The summed E-state index contributed by atoms with van der Waals surface area (Å²) in [5.41, 5.74) is 8.62. The fourth-order valence-electron chi connectivity index (χ4n) is 1.90. The second-order valence-electron chi connectivity index (χ2n) is 4.18. The van der Waals surface area contributed by atoms with E-state index < -0.39 is 0 Å². The number of nitrogen functional groups attached to an aromatic ring is 1. The van der Waals surface area contributed by atoms with Gasteiger partial charge < -0.3 is 15.8 Å². The first kappa shape index (κ1) is 13.1. The molecular weight excluding hydrogens is 240 g/mol. The maximum atomic E-state index is 5.95. The number of hydrogen-bond donors (Lipinski definition) is 2. The lowest BCUT2D eigenvalue weighted by Crippen LogP contribution is -2.04. The molecule has 100 valence electrons. The van der Waals surface area contributed by atoms with Gasteiger partial charge in [-0.15, -0.1) is 0 Å². The van der Waals surface area contributed by atoms with Crippen LogP contribution in [0.1, 0.15) is 18.9 Å². The molecule has 0 radical (unpaired) electrons. The SMILES string of the molecule is CCCc1ccccc1Nc1ncnc(OC)c1N. The lowest BCUT2D eigenvalue weighted by molar-refractivity contribution is 0.399. The number of aryl methyl sites for hydroxylation is 1. The first-order valence-corrected chi connectivity index (χ1v) is 6.25. The minimum Gasteiger partial charge on any atom is -0.479 e. The van der Waals surface area contributed by atoms with Gasteiger partial charge >= 0.3 is 0 Å². The first-order valence-electron chi connectivity index (χ1n) is 6.25. The fourth-order valence-corrected chi connectivity index (χ4v) is 1.90. The number of ether oxygens (including phenoxy) is 1. The van der Waals surface area contributed by atoms with Crippen molar-refractivity contribution in [1.82, 2.24) is 9.97 Å². The van der Waals surface area contributed by atoms with Gasteiger partial charge in [-0.3, -0.25) is 0 Å². The predicted molar refractivity (Wildman–Crippen MR) is 76.7 cm³/mol. The van der Waals surface area contributed by atoms with Crippen LogP contribution in [0.2, 0.25) is 0 Å². The zero-order valence-corrected chi connectivity index (χ0v) is 11.2. The molecule has 0 saturated carbocycles. The van der Waals surface area contributed by atoms with Gasteiger partial charge in [-0.2, -0.15) is 4.98 Å². The fraction of sp³-hybridized carbons (Fsp3) is 0.286. The molecule has 0 saturated heterocycles. The number of benzene rings is 1. The van der Waals surface area contributed by atoms with Crippen molar-refractivity contribution in [3.8, 4) is 5.88 Å². The Kier molecular flexibility index (Phi) is 4.18. The van der Waals surface area contributed by atoms with Crippen molar-refractivity contribution in [2.24, 2.45) is 0 Å². The summed E-state index contributed by atoms with van der Waals surface area (Å²) in [6.07, 6.45) is 3.52. The standard InChI is InChI=1S/C14H18N4O/c1-3-6-10-7-4-5-8-11(10)18-13-12(15)14(19-2)17-9-16-13/h4-5,7-9H,3,6,15H2,1-2H3,(H,16,17,18). The minimum absolute atomic E-state index is 0.380. The van der Waals surface area contributed by atoms with E-state index in [1.807, 2.05) is 18.2 Å². The summed E-state index contributed by atoms with van der Waals surface area (Å²) < 4.78 is 5.08. The smallest absolute Gasteiger partial charge is 0.242 e. The van der Waals surface area contributed by atoms with Crippen molar-refractivity contribution >= 4 is 17.2 Å². The molecule has 2 aromatic rings. The number of anilines is 3. The summed E-state index contributed by atoms with van der Waals surface area (Å²) in [5.74, 6) is 0.945. The summed E-state index contributed by atoms with van der Waals surface area (Å²) in [4.78, 5) is 8.12. The minimum atomic E-state index is 0.380. The molecule has 0 atom stereocenters. The zero-order valence-electron chi connectivity index (χ0n) is 11.2. The van der Waals surface area contributed by atoms with Gasteiger partial charge in [0.05, 0.1) is 7.11 Å². The molecule has 0 aliphatic heterocycles. The number of hydrogen-bond acceptors (Lipinski definition) is 5. The Labute approximate surface area is 112 Å². The molecule has 1 aromatic carbocycles. The van der Waals surface area contributed by atoms with E-state index >= 15 is 0 Å². The Bertz CT molecular complexity index is 557. The van der Waals surface area contributed by atoms with Crippen molar-refractivity contribution in [3.63, 3.8) is 0 Å². The monoisotopic (exact) mass is 258 g/mol. The van der Waals surface area contributed by atoms with Crippen LogP contribution in [0.15, 0.2) is 30.6 Å². The van der Waals surface area contributed by atoms with Crippen LogP contribution in [0.3, 0.4) is 0 Å². The Hall–Kier alpha value is -2.30. The van der Waals surface area contributed by atoms with Gasteiger partial charge in [0.1, 0.15) is 12.0 Å². The third-order valence-electron chi connectivity index (χ3n) is 2.83. The second kappa shape index (κ2) is 6.04. The molecule has 1 heterocycles. The topological polar surface area (TPSA) is 73.1 Å². The van der Waals surface area contributed by atoms with Gasteiger partial charge in [-0.25, -0.2) is 4.98 Å². The Morgan fingerprint density at radius 3 is 2.79 bits per heavy atom. The number of methoxy groups -OCH3 is 1. The van der Waals surface area contributed by atoms with E-state index in [2.05, 4.69) is 28.3 Å². The first-order chi connectivity index (χ1) is 9.26. The van der Waals surface area contributed by atoms with Gasteiger partial charge in [0.2, 0.25) is 5.88 Å². The molecule has 5 heteroatoms. The number of nitrogens with two attached hydrogens (primary N) is 1. The van der Waals surface area contributed by atoms with Gasteiger partial charge in [-0.1, -0.05) is 31.5 Å². The van der Waals surface area contributed by atoms with E-state index in [1.54, 1.807) is 0 Å². The Morgan fingerprint density at radius 1 is 1.26 bits per heavy atom. The van der Waals surface area contributed by atoms with Crippen LogP contribution in [0, 0.1) is 0 Å². The lowest BCUT2D eigenvalue weighted by Gasteiger charge is -2.13. The van der Waals surface area contributed by atoms with E-state index in [0.717, 1.165) is 18.5 Å². The Balaban J connectivity index is 2.31. The van der Waals surface area contributed by atoms with Crippen LogP contribution in [0.25, 0.3) is 0 Å². The molecular formula is C14H18N4O. The van der Waals surface area contributed by atoms with E-state index in [-0.39, 0.29) is 0 Å². The van der Waals surface area contributed by atoms with Crippen molar-refractivity contribution in [2.45, 2.75) is 19.8 Å². The van der Waals surface area contributed by atoms with Crippen molar-refractivity contribution in [2.75, 3.05) is 18.2 Å². The van der Waals surface area contributed by atoms with Crippen molar-refractivity contribution in [1.29, 1.82) is 0 Å². The average molecular weight is 258 g/mol. The van der Waals surface area contributed by atoms with Crippen LogP contribution in [0.4, 0.5) is 17.2 Å². The van der Waals surface area contributed by atoms with Gasteiger partial charge in [0, 0.05) is 5.69 Å². The molecule has 0 aliphatic carbocycles. The molecule has 0 amide bonds. The highest BCUT2D eigenvalue weighted by molar-refractivity contribution is 5.73. The van der Waals surface area contributed by atoms with E-state index in [0.29, 0.717) is 17.4 Å². The summed E-state index contributed by atoms with van der Waals surface area (Å²) in [6.45, 7) is 2.15. The Morgan fingerprint density at radius 2 is 2.05 bits per heavy atom.